The lowest BCUT2D eigenvalue weighted by Gasteiger charge is -2.20. The summed E-state index contributed by atoms with van der Waals surface area (Å²) in [6.45, 7) is 1.96. The number of para-hydroxylation sites is 2. The summed E-state index contributed by atoms with van der Waals surface area (Å²) in [6.07, 6.45) is 2.78. The third-order valence-electron chi connectivity index (χ3n) is 3.31. The largest absolute Gasteiger partial charge is 0.495 e. The van der Waals surface area contributed by atoms with Gasteiger partial charge in [0.15, 0.2) is 11.5 Å². The number of nitrogens with two attached hydrogens (primary N) is 1. The van der Waals surface area contributed by atoms with Gasteiger partial charge in [0, 0.05) is 18.9 Å². The Bertz CT molecular complexity index is 735. The summed E-state index contributed by atoms with van der Waals surface area (Å²) in [7, 11) is 1.52. The van der Waals surface area contributed by atoms with Gasteiger partial charge in [-0.25, -0.2) is 9.97 Å². The van der Waals surface area contributed by atoms with E-state index in [9.17, 15) is 9.59 Å². The Kier molecular flexibility index (Phi) is 5.67. The Labute approximate surface area is 139 Å². The average Bonchev–Trinajstić information content (AvgIpc) is 2.60. The molecule has 0 spiro atoms. The number of methoxy groups -OCH3 is 1. The molecule has 3 N–H and O–H groups in total. The minimum Gasteiger partial charge on any atom is -0.495 e. The van der Waals surface area contributed by atoms with Crippen molar-refractivity contribution in [1.82, 2.24) is 14.9 Å². The lowest BCUT2D eigenvalue weighted by molar-refractivity contribution is -0.116. The van der Waals surface area contributed by atoms with E-state index in [1.165, 1.54) is 24.4 Å². The number of carbonyl (C=O) groups excluding carboxylic acids is 2. The number of hydrogen-bond acceptors (Lipinski definition) is 6. The molecular weight excluding hydrogens is 310 g/mol. The summed E-state index contributed by atoms with van der Waals surface area (Å²) in [5.74, 6) is -0.222. The Morgan fingerprint density at radius 3 is 2.62 bits per heavy atom. The second-order valence-corrected chi connectivity index (χ2v) is 4.86. The smallest absolute Gasteiger partial charge is 0.276 e. The standard InChI is InChI=1S/C16H19N5O3/c1-3-21(16(23)14-15(17)19-9-8-18-14)10-13(22)20-11-6-4-5-7-12(11)24-2/h4-9H,3,10H2,1-2H3,(H2,17,19)(H,20,22). The maximum absolute atomic E-state index is 12.4. The fourth-order valence-corrected chi connectivity index (χ4v) is 2.10. The number of ether oxygens (including phenoxy) is 1. The molecule has 0 aliphatic heterocycles. The Morgan fingerprint density at radius 1 is 1.25 bits per heavy atom. The first-order valence-corrected chi connectivity index (χ1v) is 7.35. The predicted molar refractivity (Wildman–Crippen MR) is 89.6 cm³/mol. The summed E-state index contributed by atoms with van der Waals surface area (Å²) in [5, 5.41) is 2.72. The molecule has 2 aromatic rings. The summed E-state index contributed by atoms with van der Waals surface area (Å²) in [5.41, 5.74) is 6.23. The number of nitrogens with one attached hydrogen (secondary N) is 1. The van der Waals surface area contributed by atoms with E-state index in [2.05, 4.69) is 15.3 Å². The molecule has 8 heteroatoms. The number of hydrogen-bond donors (Lipinski definition) is 2. The van der Waals surface area contributed by atoms with E-state index >= 15 is 0 Å². The van der Waals surface area contributed by atoms with Crippen molar-refractivity contribution < 1.29 is 14.3 Å². The van der Waals surface area contributed by atoms with Gasteiger partial charge in [0.05, 0.1) is 12.8 Å². The fraction of sp³-hybridized carbons (Fsp3) is 0.250. The van der Waals surface area contributed by atoms with Gasteiger partial charge < -0.3 is 20.7 Å². The maximum atomic E-state index is 12.4. The minimum atomic E-state index is -0.446. The van der Waals surface area contributed by atoms with Crippen LogP contribution in [0.15, 0.2) is 36.7 Å². The maximum Gasteiger partial charge on any atom is 0.276 e. The zero-order valence-corrected chi connectivity index (χ0v) is 13.5. The van der Waals surface area contributed by atoms with Crippen LogP contribution in [0.4, 0.5) is 11.5 Å². The van der Waals surface area contributed by atoms with Crippen LogP contribution in [-0.2, 0) is 4.79 Å². The highest BCUT2D eigenvalue weighted by Crippen LogP contribution is 2.22. The summed E-state index contributed by atoms with van der Waals surface area (Å²) in [6, 6.07) is 7.03. The molecule has 0 fully saturated rings. The van der Waals surface area contributed by atoms with Crippen LogP contribution in [0.5, 0.6) is 5.75 Å². The molecule has 8 nitrogen and oxygen atoms in total. The molecule has 0 saturated carbocycles. The van der Waals surface area contributed by atoms with Crippen molar-refractivity contribution in [3.63, 3.8) is 0 Å². The zero-order valence-electron chi connectivity index (χ0n) is 13.5. The number of rotatable bonds is 6. The number of amides is 2. The van der Waals surface area contributed by atoms with Crippen LogP contribution >= 0.6 is 0 Å². The molecule has 0 unspecified atom stereocenters. The summed E-state index contributed by atoms with van der Waals surface area (Å²) in [4.78, 5) is 33.8. The number of likely N-dealkylation sites (N-methyl/N-ethyl adjacent to an activating group) is 1. The number of benzene rings is 1. The Hall–Kier alpha value is -3.16. The summed E-state index contributed by atoms with van der Waals surface area (Å²) >= 11 is 0. The van der Waals surface area contributed by atoms with Crippen LogP contribution in [0.1, 0.15) is 17.4 Å². The SMILES string of the molecule is CCN(CC(=O)Nc1ccccc1OC)C(=O)c1nccnc1N. The zero-order chi connectivity index (χ0) is 17.5. The lowest BCUT2D eigenvalue weighted by atomic mass is 10.3. The van der Waals surface area contributed by atoms with E-state index in [1.54, 1.807) is 31.2 Å². The normalized spacial score (nSPS) is 10.1. The minimum absolute atomic E-state index is 0.0319. The number of nitrogen functional groups attached to an aromatic ring is 1. The van der Waals surface area contributed by atoms with Crippen molar-refractivity contribution in [3.8, 4) is 5.75 Å². The van der Waals surface area contributed by atoms with Crippen LogP contribution in [0.25, 0.3) is 0 Å². The number of aromatic nitrogens is 2. The lowest BCUT2D eigenvalue weighted by Crippen LogP contribution is -2.38. The van der Waals surface area contributed by atoms with Gasteiger partial charge in [-0.3, -0.25) is 9.59 Å². The molecule has 0 aliphatic rings. The van der Waals surface area contributed by atoms with E-state index in [1.807, 2.05) is 0 Å². The van der Waals surface area contributed by atoms with Crippen LogP contribution < -0.4 is 15.8 Å². The van der Waals surface area contributed by atoms with Gasteiger partial charge in [-0.15, -0.1) is 0 Å². The Morgan fingerprint density at radius 2 is 1.96 bits per heavy atom. The van der Waals surface area contributed by atoms with Gasteiger partial charge in [-0.1, -0.05) is 12.1 Å². The van der Waals surface area contributed by atoms with Gasteiger partial charge in [0.1, 0.15) is 12.3 Å². The molecule has 0 atom stereocenters. The van der Waals surface area contributed by atoms with Gasteiger partial charge in [0.2, 0.25) is 5.91 Å². The Balaban J connectivity index is 2.08. The van der Waals surface area contributed by atoms with E-state index in [4.69, 9.17) is 10.5 Å². The molecule has 0 saturated heterocycles. The first-order valence-electron chi connectivity index (χ1n) is 7.35. The molecule has 1 aromatic carbocycles. The molecule has 0 radical (unpaired) electrons. The van der Waals surface area contributed by atoms with E-state index in [0.29, 0.717) is 18.0 Å². The molecular formula is C16H19N5O3. The molecule has 2 rings (SSSR count). The van der Waals surface area contributed by atoms with E-state index in [-0.39, 0.29) is 24.0 Å². The molecule has 24 heavy (non-hydrogen) atoms. The van der Waals surface area contributed by atoms with Crippen molar-refractivity contribution in [1.29, 1.82) is 0 Å². The molecule has 0 bridgehead atoms. The van der Waals surface area contributed by atoms with E-state index in [0.717, 1.165) is 0 Å². The predicted octanol–water partition coefficient (Wildman–Crippen LogP) is 1.17. The molecule has 1 aromatic heterocycles. The second kappa shape index (κ2) is 7.91. The molecule has 0 aliphatic carbocycles. The number of nitrogens with zero attached hydrogens (tertiary/aromatic N) is 3. The van der Waals surface area contributed by atoms with Crippen LogP contribution in [0, 0.1) is 0 Å². The fourth-order valence-electron chi connectivity index (χ4n) is 2.10. The highest BCUT2D eigenvalue weighted by Gasteiger charge is 2.21. The van der Waals surface area contributed by atoms with Crippen LogP contribution in [0.2, 0.25) is 0 Å². The van der Waals surface area contributed by atoms with Crippen molar-refractivity contribution in [3.05, 3.63) is 42.4 Å². The van der Waals surface area contributed by atoms with Crippen molar-refractivity contribution in [2.45, 2.75) is 6.92 Å². The van der Waals surface area contributed by atoms with E-state index < -0.39 is 5.91 Å². The highest BCUT2D eigenvalue weighted by molar-refractivity contribution is 6.00. The molecule has 126 valence electrons. The average molecular weight is 329 g/mol. The van der Waals surface area contributed by atoms with Crippen molar-refractivity contribution in [2.24, 2.45) is 0 Å². The van der Waals surface area contributed by atoms with Gasteiger partial charge in [-0.05, 0) is 19.1 Å². The third-order valence-corrected chi connectivity index (χ3v) is 3.31. The van der Waals surface area contributed by atoms with Crippen molar-refractivity contribution in [2.75, 3.05) is 31.2 Å². The second-order valence-electron chi connectivity index (χ2n) is 4.86. The molecule has 1 heterocycles. The highest BCUT2D eigenvalue weighted by atomic mass is 16.5. The van der Waals surface area contributed by atoms with Gasteiger partial charge in [0.25, 0.3) is 5.91 Å². The van der Waals surface area contributed by atoms with Gasteiger partial charge >= 0.3 is 0 Å². The number of carbonyl (C=O) groups is 2. The first-order chi connectivity index (χ1) is 11.6. The summed E-state index contributed by atoms with van der Waals surface area (Å²) < 4.78 is 5.18. The first kappa shape index (κ1) is 17.2. The number of anilines is 2. The van der Waals surface area contributed by atoms with Gasteiger partial charge in [-0.2, -0.15) is 0 Å². The monoisotopic (exact) mass is 329 g/mol. The molecule has 2 amide bonds. The quantitative estimate of drug-likeness (QED) is 0.823. The van der Waals surface area contributed by atoms with Crippen LogP contribution in [-0.4, -0.2) is 46.9 Å². The van der Waals surface area contributed by atoms with Crippen molar-refractivity contribution >= 4 is 23.3 Å². The topological polar surface area (TPSA) is 110 Å². The third kappa shape index (κ3) is 3.97. The van der Waals surface area contributed by atoms with Crippen LogP contribution in [0.3, 0.4) is 0 Å².